The first-order valence-corrected chi connectivity index (χ1v) is 12.4. The maximum absolute atomic E-state index is 13.4. The first kappa shape index (κ1) is 23.2. The lowest BCUT2D eigenvalue weighted by Gasteiger charge is -2.30. The van der Waals surface area contributed by atoms with Crippen LogP contribution in [0.3, 0.4) is 0 Å². The van der Waals surface area contributed by atoms with Crippen LogP contribution in [-0.2, 0) is 29.0 Å². The molecule has 0 spiro atoms. The number of fused-ring (bicyclic) bond motifs is 2. The van der Waals surface area contributed by atoms with Gasteiger partial charge in [0, 0.05) is 18.0 Å². The summed E-state index contributed by atoms with van der Waals surface area (Å²) in [5.41, 5.74) is 0.720. The van der Waals surface area contributed by atoms with Gasteiger partial charge in [0.25, 0.3) is 10.0 Å². The number of alkyl halides is 3. The molecular formula is C26H20F3NO4S. The van der Waals surface area contributed by atoms with E-state index in [1.165, 1.54) is 28.6 Å². The summed E-state index contributed by atoms with van der Waals surface area (Å²) in [5.74, 6) is 0. The van der Waals surface area contributed by atoms with Crippen molar-refractivity contribution in [1.82, 2.24) is 0 Å². The normalized spacial score (nSPS) is 14.2. The number of anilines is 1. The van der Waals surface area contributed by atoms with E-state index in [0.29, 0.717) is 23.9 Å². The Labute approximate surface area is 199 Å². The van der Waals surface area contributed by atoms with E-state index in [1.807, 2.05) is 18.2 Å². The van der Waals surface area contributed by atoms with Crippen molar-refractivity contribution in [2.75, 3.05) is 10.8 Å². The molecule has 2 heterocycles. The lowest BCUT2D eigenvalue weighted by atomic mass is 10.0. The lowest BCUT2D eigenvalue weighted by molar-refractivity contribution is -0.136. The number of sulfonamides is 1. The van der Waals surface area contributed by atoms with Crippen molar-refractivity contribution in [2.45, 2.75) is 30.3 Å². The number of hydrogen-bond donors (Lipinski definition) is 0. The summed E-state index contributed by atoms with van der Waals surface area (Å²) in [5, 5.41) is -0.197. The minimum absolute atomic E-state index is 0.142. The Bertz CT molecular complexity index is 1580. The summed E-state index contributed by atoms with van der Waals surface area (Å²) < 4.78 is 73.2. The molecule has 0 fully saturated rings. The van der Waals surface area contributed by atoms with Crippen LogP contribution in [0.4, 0.5) is 18.9 Å². The zero-order valence-electron chi connectivity index (χ0n) is 18.4. The number of rotatable bonds is 4. The largest absolute Gasteiger partial charge is 0.423 e. The molecule has 35 heavy (non-hydrogen) atoms. The molecule has 0 aliphatic carbocycles. The Morgan fingerprint density at radius 3 is 2.37 bits per heavy atom. The van der Waals surface area contributed by atoms with Gasteiger partial charge in [-0.25, -0.2) is 13.2 Å². The van der Waals surface area contributed by atoms with Crippen molar-refractivity contribution in [1.29, 1.82) is 0 Å². The smallest absolute Gasteiger partial charge is 0.417 e. The van der Waals surface area contributed by atoms with Crippen molar-refractivity contribution < 1.29 is 26.0 Å². The van der Waals surface area contributed by atoms with Gasteiger partial charge in [0.2, 0.25) is 0 Å². The molecule has 0 bridgehead atoms. The van der Waals surface area contributed by atoms with Crippen molar-refractivity contribution in [3.05, 3.63) is 105 Å². The molecule has 1 aliphatic heterocycles. The van der Waals surface area contributed by atoms with Crippen LogP contribution in [-0.4, -0.2) is 15.0 Å². The molecular weight excluding hydrogens is 479 g/mol. The van der Waals surface area contributed by atoms with E-state index < -0.39 is 27.4 Å². The molecule has 0 radical (unpaired) electrons. The van der Waals surface area contributed by atoms with E-state index >= 15 is 0 Å². The van der Waals surface area contributed by atoms with Crippen LogP contribution in [0.1, 0.15) is 28.7 Å². The van der Waals surface area contributed by atoms with Crippen molar-refractivity contribution in [2.24, 2.45) is 0 Å². The standard InChI is InChI=1S/C26H20F3NO4S/c27-26(28,29)22-16-25(31)34-24-12-9-18(15-21(22)24)14-17-7-10-20(11-8-17)35(32,33)30-13-3-5-19-4-1-2-6-23(19)30/h1-2,4,6-12,15-16H,3,5,13-14H2. The highest BCUT2D eigenvalue weighted by Gasteiger charge is 2.34. The summed E-state index contributed by atoms with van der Waals surface area (Å²) in [6, 6.07) is 18.5. The summed E-state index contributed by atoms with van der Waals surface area (Å²) >= 11 is 0. The molecule has 1 aliphatic rings. The van der Waals surface area contributed by atoms with Gasteiger partial charge < -0.3 is 4.42 Å². The Hall–Kier alpha value is -3.59. The van der Waals surface area contributed by atoms with Gasteiger partial charge in [-0.05, 0) is 66.3 Å². The molecule has 0 saturated carbocycles. The first-order chi connectivity index (χ1) is 16.6. The fraction of sp³-hybridized carbons (Fsp3) is 0.192. The Morgan fingerprint density at radius 1 is 0.914 bits per heavy atom. The molecule has 5 nitrogen and oxygen atoms in total. The highest BCUT2D eigenvalue weighted by atomic mass is 32.2. The highest BCUT2D eigenvalue weighted by Crippen LogP contribution is 2.35. The van der Waals surface area contributed by atoms with E-state index in [1.54, 1.807) is 24.3 Å². The summed E-state index contributed by atoms with van der Waals surface area (Å²) in [6.45, 7) is 0.399. The van der Waals surface area contributed by atoms with E-state index in [-0.39, 0.29) is 22.3 Å². The first-order valence-electron chi connectivity index (χ1n) is 11.0. The third-order valence-electron chi connectivity index (χ3n) is 6.10. The van der Waals surface area contributed by atoms with E-state index in [0.717, 1.165) is 24.0 Å². The molecule has 0 amide bonds. The molecule has 0 atom stereocenters. The third-order valence-corrected chi connectivity index (χ3v) is 7.93. The second-order valence-electron chi connectivity index (χ2n) is 8.44. The molecule has 4 aromatic rings. The molecule has 1 aromatic heterocycles. The maximum atomic E-state index is 13.4. The quantitative estimate of drug-likeness (QED) is 0.346. The zero-order valence-corrected chi connectivity index (χ0v) is 19.2. The van der Waals surface area contributed by atoms with Gasteiger partial charge in [-0.2, -0.15) is 13.2 Å². The number of para-hydroxylation sites is 1. The molecule has 3 aromatic carbocycles. The Morgan fingerprint density at radius 2 is 1.63 bits per heavy atom. The van der Waals surface area contributed by atoms with Crippen LogP contribution >= 0.6 is 0 Å². The minimum atomic E-state index is -4.70. The van der Waals surface area contributed by atoms with Gasteiger partial charge in [0.05, 0.1) is 16.1 Å². The summed E-state index contributed by atoms with van der Waals surface area (Å²) in [6.07, 6.45) is -2.86. The number of aryl methyl sites for hydroxylation is 1. The van der Waals surface area contributed by atoms with Crippen LogP contribution < -0.4 is 9.93 Å². The monoisotopic (exact) mass is 499 g/mol. The van der Waals surface area contributed by atoms with Gasteiger partial charge in [0.1, 0.15) is 5.58 Å². The fourth-order valence-electron chi connectivity index (χ4n) is 4.45. The van der Waals surface area contributed by atoms with Gasteiger partial charge in [-0.3, -0.25) is 4.31 Å². The van der Waals surface area contributed by atoms with E-state index in [2.05, 4.69) is 0 Å². The van der Waals surface area contributed by atoms with Gasteiger partial charge >= 0.3 is 11.8 Å². The summed E-state index contributed by atoms with van der Waals surface area (Å²) in [4.78, 5) is 11.7. The number of nitrogens with zero attached hydrogens (tertiary/aromatic N) is 1. The maximum Gasteiger partial charge on any atom is 0.417 e. The number of hydrogen-bond acceptors (Lipinski definition) is 4. The third kappa shape index (κ3) is 4.43. The van der Waals surface area contributed by atoms with Crippen LogP contribution in [0.5, 0.6) is 0 Å². The second-order valence-corrected chi connectivity index (χ2v) is 10.3. The fourth-order valence-corrected chi connectivity index (χ4v) is 5.99. The SMILES string of the molecule is O=c1cc(C(F)(F)F)c2cc(Cc3ccc(S(=O)(=O)N4CCCc5ccccc54)cc3)ccc2o1. The number of benzene rings is 3. The predicted octanol–water partition coefficient (Wildman–Crippen LogP) is 5.54. The topological polar surface area (TPSA) is 67.6 Å². The van der Waals surface area contributed by atoms with Gasteiger partial charge in [-0.15, -0.1) is 0 Å². The highest BCUT2D eigenvalue weighted by molar-refractivity contribution is 7.92. The molecule has 5 rings (SSSR count). The molecule has 9 heteroatoms. The van der Waals surface area contributed by atoms with Crippen molar-refractivity contribution in [3.63, 3.8) is 0 Å². The summed E-state index contributed by atoms with van der Waals surface area (Å²) in [7, 11) is -3.75. The van der Waals surface area contributed by atoms with Crippen LogP contribution in [0.2, 0.25) is 0 Å². The van der Waals surface area contributed by atoms with Gasteiger partial charge in [-0.1, -0.05) is 36.4 Å². The predicted molar refractivity (Wildman–Crippen MR) is 126 cm³/mol. The van der Waals surface area contributed by atoms with Crippen LogP contribution in [0, 0.1) is 0 Å². The molecule has 0 unspecified atom stereocenters. The second kappa shape index (κ2) is 8.57. The van der Waals surface area contributed by atoms with Crippen LogP contribution in [0.25, 0.3) is 11.0 Å². The van der Waals surface area contributed by atoms with Gasteiger partial charge in [0.15, 0.2) is 0 Å². The van der Waals surface area contributed by atoms with E-state index in [9.17, 15) is 26.4 Å². The lowest BCUT2D eigenvalue weighted by Crippen LogP contribution is -2.35. The van der Waals surface area contributed by atoms with Crippen molar-refractivity contribution in [3.8, 4) is 0 Å². The Kier molecular flexibility index (Phi) is 5.67. The van der Waals surface area contributed by atoms with Crippen molar-refractivity contribution >= 4 is 26.7 Å². The van der Waals surface area contributed by atoms with Crippen LogP contribution in [0.15, 0.2) is 86.9 Å². The molecule has 0 saturated heterocycles. The minimum Gasteiger partial charge on any atom is -0.423 e. The molecule has 0 N–H and O–H groups in total. The van der Waals surface area contributed by atoms with E-state index in [4.69, 9.17) is 4.42 Å². The Balaban J connectivity index is 1.43. The average molecular weight is 500 g/mol. The number of halogens is 3. The zero-order chi connectivity index (χ0) is 24.8. The molecule has 180 valence electrons. The average Bonchev–Trinajstić information content (AvgIpc) is 2.83.